The number of carbonyl (C=O) groups is 1. The molecule has 3 rings (SSSR count). The topological polar surface area (TPSA) is 56.2 Å². The number of rotatable bonds is 5. The van der Waals surface area contributed by atoms with Crippen molar-refractivity contribution in [3.63, 3.8) is 0 Å². The fraction of sp³-hybridized carbons (Fsp3) is 0.412. The smallest absolute Gasteiger partial charge is 0.280 e. The van der Waals surface area contributed by atoms with Crippen LogP contribution < -0.4 is 10.1 Å². The Hall–Kier alpha value is -2.15. The highest BCUT2D eigenvalue weighted by molar-refractivity contribution is 6.32. The monoisotopic (exact) mass is 369 g/mol. The van der Waals surface area contributed by atoms with Gasteiger partial charge in [0.2, 0.25) is 0 Å². The van der Waals surface area contributed by atoms with Gasteiger partial charge < -0.3 is 10.1 Å². The van der Waals surface area contributed by atoms with Gasteiger partial charge in [0.05, 0.1) is 22.8 Å². The fourth-order valence-corrected chi connectivity index (χ4v) is 3.09. The summed E-state index contributed by atoms with van der Waals surface area (Å²) in [5.74, 6) is 0.0383. The van der Waals surface area contributed by atoms with Gasteiger partial charge in [0.15, 0.2) is 0 Å². The minimum absolute atomic E-state index is 0.119. The second-order valence-electron chi connectivity index (χ2n) is 6.32. The Labute approximate surface area is 148 Å². The van der Waals surface area contributed by atoms with E-state index in [1.54, 1.807) is 18.2 Å². The van der Waals surface area contributed by atoms with Crippen molar-refractivity contribution in [3.05, 3.63) is 46.2 Å². The number of alkyl halides is 2. The molecular formula is C17H18ClF2N3O2. The summed E-state index contributed by atoms with van der Waals surface area (Å²) in [6.45, 7) is 4.31. The third-order valence-corrected chi connectivity index (χ3v) is 4.24. The molecule has 0 unspecified atom stereocenters. The molecule has 134 valence electrons. The first-order chi connectivity index (χ1) is 11.9. The van der Waals surface area contributed by atoms with E-state index in [4.69, 9.17) is 16.3 Å². The molecule has 1 N–H and O–H groups in total. The van der Waals surface area contributed by atoms with Crippen molar-refractivity contribution >= 4 is 17.5 Å². The number of ether oxygens (including phenoxy) is 1. The summed E-state index contributed by atoms with van der Waals surface area (Å²) in [6, 6.07) is 4.78. The van der Waals surface area contributed by atoms with Crippen molar-refractivity contribution in [2.24, 2.45) is 5.92 Å². The predicted molar refractivity (Wildman–Crippen MR) is 89.2 cm³/mol. The highest BCUT2D eigenvalue weighted by Gasteiger charge is 2.30. The quantitative estimate of drug-likeness (QED) is 0.866. The zero-order chi connectivity index (χ0) is 18.1. The maximum Gasteiger partial charge on any atom is 0.280 e. The average molecular weight is 370 g/mol. The summed E-state index contributed by atoms with van der Waals surface area (Å²) in [5.41, 5.74) is 0.247. The van der Waals surface area contributed by atoms with Crippen molar-refractivity contribution in [3.8, 4) is 5.75 Å². The number of nitrogens with zero attached hydrogens (tertiary/aromatic N) is 2. The van der Waals surface area contributed by atoms with Crippen molar-refractivity contribution in [1.82, 2.24) is 15.1 Å². The van der Waals surface area contributed by atoms with Gasteiger partial charge >= 0.3 is 0 Å². The first kappa shape index (κ1) is 17.7. The Morgan fingerprint density at radius 2 is 2.24 bits per heavy atom. The number of hydrogen-bond donors (Lipinski definition) is 1. The number of para-hydroxylation sites is 1. The van der Waals surface area contributed by atoms with Gasteiger partial charge in [-0.1, -0.05) is 37.6 Å². The average Bonchev–Trinajstić information content (AvgIpc) is 3.12. The Balaban J connectivity index is 1.84. The number of amides is 1. The molecule has 0 aliphatic carbocycles. The van der Waals surface area contributed by atoms with Crippen LogP contribution in [0.5, 0.6) is 5.75 Å². The van der Waals surface area contributed by atoms with Gasteiger partial charge in [-0.2, -0.15) is 5.10 Å². The van der Waals surface area contributed by atoms with E-state index in [1.165, 1.54) is 10.9 Å². The molecule has 8 heteroatoms. The molecular weight excluding hydrogens is 352 g/mol. The van der Waals surface area contributed by atoms with Gasteiger partial charge in [0.1, 0.15) is 18.1 Å². The van der Waals surface area contributed by atoms with Crippen LogP contribution in [0.3, 0.4) is 0 Å². The van der Waals surface area contributed by atoms with E-state index >= 15 is 0 Å². The summed E-state index contributed by atoms with van der Waals surface area (Å²) >= 11 is 6.06. The lowest BCUT2D eigenvalue weighted by Crippen LogP contribution is -2.30. The highest BCUT2D eigenvalue weighted by atomic mass is 35.5. The molecule has 2 heterocycles. The Morgan fingerprint density at radius 3 is 2.92 bits per heavy atom. The molecule has 0 saturated heterocycles. The van der Waals surface area contributed by atoms with Crippen LogP contribution in [0.15, 0.2) is 24.4 Å². The fourth-order valence-electron chi connectivity index (χ4n) is 2.86. The van der Waals surface area contributed by atoms with Crippen LogP contribution in [-0.4, -0.2) is 22.3 Å². The molecule has 1 aliphatic heterocycles. The molecule has 0 saturated carbocycles. The maximum atomic E-state index is 13.5. The number of nitrogens with one attached hydrogen (secondary N) is 1. The lowest BCUT2D eigenvalue weighted by Gasteiger charge is -2.13. The summed E-state index contributed by atoms with van der Waals surface area (Å²) in [5, 5.41) is 7.14. The van der Waals surface area contributed by atoms with Crippen LogP contribution in [0.25, 0.3) is 0 Å². The van der Waals surface area contributed by atoms with Gasteiger partial charge in [-0.3, -0.25) is 9.48 Å². The molecule has 25 heavy (non-hydrogen) atoms. The van der Waals surface area contributed by atoms with Crippen molar-refractivity contribution in [1.29, 1.82) is 0 Å². The molecule has 0 radical (unpaired) electrons. The van der Waals surface area contributed by atoms with E-state index in [1.807, 2.05) is 13.8 Å². The van der Waals surface area contributed by atoms with E-state index in [0.29, 0.717) is 17.3 Å². The van der Waals surface area contributed by atoms with Crippen LogP contribution >= 0.6 is 11.6 Å². The van der Waals surface area contributed by atoms with Crippen molar-refractivity contribution in [2.45, 2.75) is 32.9 Å². The molecule has 1 aromatic carbocycles. The lowest BCUT2D eigenvalue weighted by atomic mass is 10.1. The molecule has 0 spiro atoms. The highest BCUT2D eigenvalue weighted by Crippen LogP contribution is 2.38. The first-order valence-electron chi connectivity index (χ1n) is 7.94. The predicted octanol–water partition coefficient (Wildman–Crippen LogP) is 3.99. The third kappa shape index (κ3) is 3.46. The largest absolute Gasteiger partial charge is 0.489 e. The Bertz CT molecular complexity index is 792. The summed E-state index contributed by atoms with van der Waals surface area (Å²) in [7, 11) is 0. The summed E-state index contributed by atoms with van der Waals surface area (Å²) in [4.78, 5) is 12.5. The van der Waals surface area contributed by atoms with Crippen molar-refractivity contribution < 1.29 is 18.3 Å². The minimum atomic E-state index is -2.79. The standard InChI is InChI=1S/C17H18ClF2N3O2/c1-9(2)7-23-14(16(19)20)11(6-21-23)17(24)22-13-8-25-15-10(13)4-3-5-12(15)18/h3-6,9,13,16H,7-8H2,1-2H3,(H,22,24)/t13-/m0/s1. The molecule has 0 bridgehead atoms. The van der Waals surface area contributed by atoms with Gasteiger partial charge in [-0.25, -0.2) is 8.78 Å². The van der Waals surface area contributed by atoms with Gasteiger partial charge in [-0.05, 0) is 12.0 Å². The Morgan fingerprint density at radius 1 is 1.48 bits per heavy atom. The maximum absolute atomic E-state index is 13.5. The minimum Gasteiger partial charge on any atom is -0.489 e. The summed E-state index contributed by atoms with van der Waals surface area (Å²) < 4.78 is 33.6. The van der Waals surface area contributed by atoms with E-state index < -0.39 is 18.4 Å². The van der Waals surface area contributed by atoms with Crippen LogP contribution in [0.1, 0.15) is 47.9 Å². The molecule has 5 nitrogen and oxygen atoms in total. The van der Waals surface area contributed by atoms with Crippen molar-refractivity contribution in [2.75, 3.05) is 6.61 Å². The number of halogens is 3. The van der Waals surface area contributed by atoms with Crippen LogP contribution in [0.2, 0.25) is 5.02 Å². The number of carbonyl (C=O) groups excluding carboxylic acids is 1. The second kappa shape index (κ2) is 7.00. The van der Waals surface area contributed by atoms with E-state index in [0.717, 1.165) is 5.56 Å². The van der Waals surface area contributed by atoms with E-state index in [-0.39, 0.29) is 23.8 Å². The lowest BCUT2D eigenvalue weighted by molar-refractivity contribution is 0.0912. The molecule has 1 aliphatic rings. The van der Waals surface area contributed by atoms with Crippen LogP contribution in [-0.2, 0) is 6.54 Å². The van der Waals surface area contributed by atoms with E-state index in [9.17, 15) is 13.6 Å². The zero-order valence-corrected chi connectivity index (χ0v) is 14.6. The van der Waals surface area contributed by atoms with Gasteiger partial charge in [0, 0.05) is 12.1 Å². The van der Waals surface area contributed by atoms with E-state index in [2.05, 4.69) is 10.4 Å². The van der Waals surface area contributed by atoms with Crippen LogP contribution in [0.4, 0.5) is 8.78 Å². The normalized spacial score (nSPS) is 16.2. The number of hydrogen-bond acceptors (Lipinski definition) is 3. The summed E-state index contributed by atoms with van der Waals surface area (Å²) in [6.07, 6.45) is -1.60. The number of benzene rings is 1. The molecule has 1 amide bonds. The second-order valence-corrected chi connectivity index (χ2v) is 6.72. The van der Waals surface area contributed by atoms with Crippen LogP contribution in [0, 0.1) is 5.92 Å². The number of fused-ring (bicyclic) bond motifs is 1. The molecule has 2 aromatic rings. The molecule has 1 aromatic heterocycles. The van der Waals surface area contributed by atoms with Gasteiger partial charge in [-0.15, -0.1) is 0 Å². The molecule has 1 atom stereocenters. The Kier molecular flexibility index (Phi) is 4.94. The SMILES string of the molecule is CC(C)Cn1ncc(C(=O)N[C@H]2COc3c(Cl)cccc32)c1C(F)F. The molecule has 0 fully saturated rings. The zero-order valence-electron chi connectivity index (χ0n) is 13.8. The van der Waals surface area contributed by atoms with Gasteiger partial charge in [0.25, 0.3) is 12.3 Å². The number of aromatic nitrogens is 2. The first-order valence-corrected chi connectivity index (χ1v) is 8.32. The third-order valence-electron chi connectivity index (χ3n) is 3.94.